The lowest BCUT2D eigenvalue weighted by atomic mass is 9.94. The van der Waals surface area contributed by atoms with Gasteiger partial charge in [0, 0.05) is 13.1 Å². The quantitative estimate of drug-likeness (QED) is 0.916. The van der Waals surface area contributed by atoms with E-state index in [9.17, 15) is 13.2 Å². The molecule has 1 aliphatic heterocycles. The number of piperidine rings is 1. The molecule has 1 aromatic rings. The Labute approximate surface area is 129 Å². The van der Waals surface area contributed by atoms with Gasteiger partial charge < -0.3 is 5.73 Å². The Morgan fingerprint density at radius 2 is 1.95 bits per heavy atom. The first-order valence-electron chi connectivity index (χ1n) is 7.08. The molecule has 1 aliphatic rings. The average Bonchev–Trinajstić information content (AvgIpc) is 2.39. The highest BCUT2D eigenvalue weighted by molar-refractivity contribution is 5.85. The number of alkyl halides is 3. The molecule has 1 heterocycles. The van der Waals surface area contributed by atoms with Crippen LogP contribution in [0.25, 0.3) is 0 Å². The van der Waals surface area contributed by atoms with Crippen LogP contribution in [-0.2, 0) is 12.7 Å². The third-order valence-corrected chi connectivity index (χ3v) is 3.89. The Hall–Kier alpha value is -0.780. The smallest absolute Gasteiger partial charge is 0.330 e. The predicted molar refractivity (Wildman–Crippen MR) is 80.4 cm³/mol. The van der Waals surface area contributed by atoms with Crippen molar-refractivity contribution in [2.24, 2.45) is 11.7 Å². The van der Waals surface area contributed by atoms with Crippen LogP contribution in [0.5, 0.6) is 0 Å². The summed E-state index contributed by atoms with van der Waals surface area (Å²) in [5.74, 6) is 0.520. The topological polar surface area (TPSA) is 29.3 Å². The van der Waals surface area contributed by atoms with Crippen LogP contribution in [-0.4, -0.2) is 24.5 Å². The van der Waals surface area contributed by atoms with E-state index in [0.717, 1.165) is 38.4 Å². The molecule has 1 unspecified atom stereocenters. The SMILES string of the molecule is Cl.NCCC1CCCN(Cc2ccccc2C(F)(F)F)C1. The molecule has 1 saturated heterocycles. The highest BCUT2D eigenvalue weighted by atomic mass is 35.5. The molecule has 0 bridgehead atoms. The van der Waals surface area contributed by atoms with Crippen LogP contribution in [0.2, 0.25) is 0 Å². The highest BCUT2D eigenvalue weighted by Gasteiger charge is 2.33. The molecule has 6 heteroatoms. The average molecular weight is 323 g/mol. The molecular weight excluding hydrogens is 301 g/mol. The van der Waals surface area contributed by atoms with Crippen molar-refractivity contribution in [3.05, 3.63) is 35.4 Å². The molecule has 1 aromatic carbocycles. The van der Waals surface area contributed by atoms with E-state index < -0.39 is 11.7 Å². The van der Waals surface area contributed by atoms with Gasteiger partial charge in [0.05, 0.1) is 5.56 Å². The van der Waals surface area contributed by atoms with Crippen LogP contribution in [0.15, 0.2) is 24.3 Å². The second-order valence-electron chi connectivity index (χ2n) is 5.48. The van der Waals surface area contributed by atoms with E-state index in [1.807, 2.05) is 0 Å². The Balaban J connectivity index is 0.00000220. The summed E-state index contributed by atoms with van der Waals surface area (Å²) in [5.41, 5.74) is 5.43. The summed E-state index contributed by atoms with van der Waals surface area (Å²) < 4.78 is 38.9. The lowest BCUT2D eigenvalue weighted by Gasteiger charge is -2.33. The fourth-order valence-electron chi connectivity index (χ4n) is 2.94. The van der Waals surface area contributed by atoms with Crippen molar-refractivity contribution >= 4 is 12.4 Å². The maximum atomic E-state index is 13.0. The molecular formula is C15H22ClF3N2. The second kappa shape index (κ2) is 8.01. The number of nitrogens with zero attached hydrogens (tertiary/aromatic N) is 1. The fraction of sp³-hybridized carbons (Fsp3) is 0.600. The van der Waals surface area contributed by atoms with Gasteiger partial charge >= 0.3 is 6.18 Å². The highest BCUT2D eigenvalue weighted by Crippen LogP contribution is 2.33. The Morgan fingerprint density at radius 3 is 2.62 bits per heavy atom. The largest absolute Gasteiger partial charge is 0.416 e. The molecule has 21 heavy (non-hydrogen) atoms. The van der Waals surface area contributed by atoms with E-state index in [1.54, 1.807) is 12.1 Å². The third-order valence-electron chi connectivity index (χ3n) is 3.89. The van der Waals surface area contributed by atoms with E-state index in [2.05, 4.69) is 4.90 Å². The molecule has 120 valence electrons. The summed E-state index contributed by atoms with van der Waals surface area (Å²) >= 11 is 0. The summed E-state index contributed by atoms with van der Waals surface area (Å²) in [4.78, 5) is 2.12. The summed E-state index contributed by atoms with van der Waals surface area (Å²) in [6.45, 7) is 2.74. The van der Waals surface area contributed by atoms with Gasteiger partial charge in [0.1, 0.15) is 0 Å². The molecule has 1 fully saturated rings. The van der Waals surface area contributed by atoms with Crippen molar-refractivity contribution in [2.45, 2.75) is 32.0 Å². The summed E-state index contributed by atoms with van der Waals surface area (Å²) in [6, 6.07) is 5.86. The maximum absolute atomic E-state index is 13.0. The predicted octanol–water partition coefficient (Wildman–Crippen LogP) is 3.69. The van der Waals surface area contributed by atoms with Crippen molar-refractivity contribution in [3.8, 4) is 0 Å². The van der Waals surface area contributed by atoms with Crippen LogP contribution in [0, 0.1) is 5.92 Å². The summed E-state index contributed by atoms with van der Waals surface area (Å²) in [7, 11) is 0. The number of likely N-dealkylation sites (tertiary alicyclic amines) is 1. The first-order chi connectivity index (χ1) is 9.50. The molecule has 1 atom stereocenters. The lowest BCUT2D eigenvalue weighted by Crippen LogP contribution is -2.36. The monoisotopic (exact) mass is 322 g/mol. The number of hydrogen-bond donors (Lipinski definition) is 1. The molecule has 2 N–H and O–H groups in total. The van der Waals surface area contributed by atoms with Crippen LogP contribution >= 0.6 is 12.4 Å². The molecule has 0 saturated carbocycles. The number of benzene rings is 1. The lowest BCUT2D eigenvalue weighted by molar-refractivity contribution is -0.138. The van der Waals surface area contributed by atoms with Crippen molar-refractivity contribution in [3.63, 3.8) is 0 Å². The van der Waals surface area contributed by atoms with Crippen LogP contribution in [0.1, 0.15) is 30.4 Å². The zero-order valence-corrected chi connectivity index (χ0v) is 12.7. The molecule has 2 nitrogen and oxygen atoms in total. The first kappa shape index (κ1) is 18.3. The van der Waals surface area contributed by atoms with E-state index in [0.29, 0.717) is 24.6 Å². The number of nitrogens with two attached hydrogens (primary N) is 1. The Bertz CT molecular complexity index is 435. The molecule has 0 aromatic heterocycles. The minimum Gasteiger partial charge on any atom is -0.330 e. The van der Waals surface area contributed by atoms with Gasteiger partial charge in [-0.15, -0.1) is 12.4 Å². The number of halogens is 4. The van der Waals surface area contributed by atoms with Gasteiger partial charge in [-0.25, -0.2) is 0 Å². The molecule has 0 spiro atoms. The second-order valence-corrected chi connectivity index (χ2v) is 5.48. The molecule has 0 amide bonds. The Kier molecular flexibility index (Phi) is 6.97. The summed E-state index contributed by atoms with van der Waals surface area (Å²) in [6.07, 6.45) is -1.14. The van der Waals surface area contributed by atoms with Crippen LogP contribution < -0.4 is 5.73 Å². The molecule has 2 rings (SSSR count). The first-order valence-corrected chi connectivity index (χ1v) is 7.08. The van der Waals surface area contributed by atoms with Gasteiger partial charge in [-0.1, -0.05) is 18.2 Å². The fourth-order valence-corrected chi connectivity index (χ4v) is 2.94. The third kappa shape index (κ3) is 5.16. The molecule has 0 aliphatic carbocycles. The van der Waals surface area contributed by atoms with Gasteiger partial charge in [0.25, 0.3) is 0 Å². The van der Waals surface area contributed by atoms with E-state index in [1.165, 1.54) is 6.07 Å². The van der Waals surface area contributed by atoms with Gasteiger partial charge in [0.2, 0.25) is 0 Å². The van der Waals surface area contributed by atoms with Gasteiger partial charge in [-0.2, -0.15) is 13.2 Å². The van der Waals surface area contributed by atoms with Crippen LogP contribution in [0.4, 0.5) is 13.2 Å². The van der Waals surface area contributed by atoms with Crippen molar-refractivity contribution < 1.29 is 13.2 Å². The van der Waals surface area contributed by atoms with Gasteiger partial charge in [-0.3, -0.25) is 4.90 Å². The van der Waals surface area contributed by atoms with Crippen LogP contribution in [0.3, 0.4) is 0 Å². The molecule has 0 radical (unpaired) electrons. The van der Waals surface area contributed by atoms with E-state index in [-0.39, 0.29) is 12.4 Å². The van der Waals surface area contributed by atoms with Crippen molar-refractivity contribution in [2.75, 3.05) is 19.6 Å². The minimum absolute atomic E-state index is 0. The normalized spacial score (nSPS) is 20.1. The minimum atomic E-state index is -4.27. The van der Waals surface area contributed by atoms with Gasteiger partial charge in [0.15, 0.2) is 0 Å². The Morgan fingerprint density at radius 1 is 1.24 bits per heavy atom. The summed E-state index contributed by atoms with van der Waals surface area (Å²) in [5, 5.41) is 0. The van der Waals surface area contributed by atoms with E-state index >= 15 is 0 Å². The standard InChI is InChI=1S/C15H21F3N2.ClH/c16-15(17,18)14-6-2-1-5-13(14)11-20-9-3-4-12(10-20)7-8-19;/h1-2,5-6,12H,3-4,7-11,19H2;1H. The van der Waals surface area contributed by atoms with E-state index in [4.69, 9.17) is 5.73 Å². The van der Waals surface area contributed by atoms with Gasteiger partial charge in [-0.05, 0) is 49.9 Å². The zero-order valence-electron chi connectivity index (χ0n) is 11.9. The number of rotatable bonds is 4. The maximum Gasteiger partial charge on any atom is 0.416 e. The van der Waals surface area contributed by atoms with Crippen molar-refractivity contribution in [1.29, 1.82) is 0 Å². The number of hydrogen-bond acceptors (Lipinski definition) is 2. The zero-order chi connectivity index (χ0) is 14.6. The van der Waals surface area contributed by atoms with Crippen molar-refractivity contribution in [1.82, 2.24) is 4.90 Å².